The molecule has 1 aliphatic rings. The Morgan fingerprint density at radius 2 is 1.92 bits per heavy atom. The van der Waals surface area contributed by atoms with Crippen LogP contribution in [0.5, 0.6) is 5.75 Å². The van der Waals surface area contributed by atoms with E-state index < -0.39 is 24.0 Å². The molecule has 5 rings (SSSR count). The normalized spacial score (nSPS) is 14.8. The molecule has 3 aromatic heterocycles. The molecule has 1 aliphatic heterocycles. The molecule has 4 heterocycles. The number of ether oxygens (including phenoxy) is 1. The number of hydrogen-bond donors (Lipinski definition) is 1. The summed E-state index contributed by atoms with van der Waals surface area (Å²) < 4.78 is 47.2. The van der Waals surface area contributed by atoms with Gasteiger partial charge < -0.3 is 10.1 Å². The van der Waals surface area contributed by atoms with Crippen molar-refractivity contribution in [3.05, 3.63) is 79.0 Å². The Morgan fingerprint density at radius 3 is 2.66 bits per heavy atom. The number of nitrogens with one attached hydrogen (secondary N) is 1. The van der Waals surface area contributed by atoms with E-state index >= 15 is 0 Å². The highest BCUT2D eigenvalue weighted by atomic mass is 35.5. The van der Waals surface area contributed by atoms with Crippen molar-refractivity contribution >= 4 is 33.2 Å². The summed E-state index contributed by atoms with van der Waals surface area (Å²) in [7, 11) is 0. The first-order chi connectivity index (χ1) is 18.1. The van der Waals surface area contributed by atoms with Crippen molar-refractivity contribution < 1.29 is 17.9 Å². The Kier molecular flexibility index (Phi) is 7.34. The molecule has 0 spiro atoms. The average molecular weight is 565 g/mol. The van der Waals surface area contributed by atoms with Crippen molar-refractivity contribution in [2.75, 3.05) is 13.1 Å². The van der Waals surface area contributed by atoms with Crippen molar-refractivity contribution in [3.8, 4) is 16.9 Å². The summed E-state index contributed by atoms with van der Waals surface area (Å²) >= 11 is 7.76. The van der Waals surface area contributed by atoms with Gasteiger partial charge in [0.1, 0.15) is 18.4 Å². The van der Waals surface area contributed by atoms with Crippen molar-refractivity contribution in [1.82, 2.24) is 19.4 Å². The average Bonchev–Trinajstić information content (AvgIpc) is 3.28. The fraction of sp³-hybridized carbons (Fsp3) is 0.346. The third-order valence-electron chi connectivity index (χ3n) is 6.37. The molecule has 200 valence electrons. The number of halogens is 4. The fourth-order valence-electron chi connectivity index (χ4n) is 4.62. The summed E-state index contributed by atoms with van der Waals surface area (Å²) in [5.41, 5.74) is 1.46. The van der Waals surface area contributed by atoms with Gasteiger partial charge in [0.25, 0.3) is 5.56 Å². The van der Waals surface area contributed by atoms with E-state index in [9.17, 15) is 22.8 Å². The number of piperidine rings is 1. The maximum Gasteiger partial charge on any atom is 0.406 e. The fourth-order valence-corrected chi connectivity index (χ4v) is 6.02. The highest BCUT2D eigenvalue weighted by Gasteiger charge is 2.29. The van der Waals surface area contributed by atoms with Crippen molar-refractivity contribution in [2.45, 2.75) is 45.1 Å². The van der Waals surface area contributed by atoms with Gasteiger partial charge in [-0.2, -0.15) is 13.2 Å². The molecular formula is C26H24ClF3N4O3S. The highest BCUT2D eigenvalue weighted by molar-refractivity contribution is 7.19. The number of thiophene rings is 1. The molecule has 0 bridgehead atoms. The molecule has 0 aliphatic carbocycles. The molecule has 0 saturated carbocycles. The van der Waals surface area contributed by atoms with E-state index in [4.69, 9.17) is 16.3 Å². The molecule has 0 radical (unpaired) electrons. The smallest absolute Gasteiger partial charge is 0.406 e. The zero-order valence-corrected chi connectivity index (χ0v) is 21.9. The summed E-state index contributed by atoms with van der Waals surface area (Å²) in [5, 5.41) is 3.88. The van der Waals surface area contributed by atoms with Gasteiger partial charge in [0.05, 0.1) is 16.8 Å². The summed E-state index contributed by atoms with van der Waals surface area (Å²) in [6.07, 6.45) is -0.239. The van der Waals surface area contributed by atoms with E-state index in [1.165, 1.54) is 11.3 Å². The number of alkyl halides is 3. The van der Waals surface area contributed by atoms with Gasteiger partial charge in [-0.15, -0.1) is 11.3 Å². The lowest BCUT2D eigenvalue weighted by Crippen LogP contribution is -2.41. The van der Waals surface area contributed by atoms with E-state index in [1.54, 1.807) is 12.3 Å². The Labute approximate surface area is 224 Å². The van der Waals surface area contributed by atoms with Gasteiger partial charge in [0.2, 0.25) is 0 Å². The largest absolute Gasteiger partial charge is 0.489 e. The minimum atomic E-state index is -4.59. The van der Waals surface area contributed by atoms with Gasteiger partial charge in [0.15, 0.2) is 0 Å². The minimum Gasteiger partial charge on any atom is -0.489 e. The van der Waals surface area contributed by atoms with E-state index in [2.05, 4.69) is 10.3 Å². The van der Waals surface area contributed by atoms with E-state index in [0.29, 0.717) is 20.0 Å². The molecule has 0 unspecified atom stereocenters. The second kappa shape index (κ2) is 10.5. The maximum atomic E-state index is 12.9. The standard InChI is InChI=1S/C26H24ClF3N4O3S/c1-15-10-16(27)11-20(23(15)37-17-2-6-31-7-3-17)19-4-8-32-21-12-18(38-24(19)21)13-34-22(35)5-9-33(25(34)36)14-26(28,29)30/h4-5,8-12,17,31H,2-3,6-7,13-14H2,1H3. The van der Waals surface area contributed by atoms with E-state index in [-0.39, 0.29) is 12.6 Å². The zero-order valence-electron chi connectivity index (χ0n) is 20.3. The number of rotatable bonds is 6. The summed E-state index contributed by atoms with van der Waals surface area (Å²) in [6, 6.07) is 8.25. The van der Waals surface area contributed by atoms with Crippen LogP contribution in [0.1, 0.15) is 23.3 Å². The lowest BCUT2D eigenvalue weighted by atomic mass is 10.0. The van der Waals surface area contributed by atoms with Crippen molar-refractivity contribution in [2.24, 2.45) is 0 Å². The van der Waals surface area contributed by atoms with Gasteiger partial charge in [0, 0.05) is 39.5 Å². The quantitative estimate of drug-likeness (QED) is 0.357. The Balaban J connectivity index is 1.55. The van der Waals surface area contributed by atoms with Crippen LogP contribution in [0.3, 0.4) is 0 Å². The second-order valence-corrected chi connectivity index (χ2v) is 10.8. The van der Waals surface area contributed by atoms with E-state index in [0.717, 1.165) is 69.9 Å². The Hall–Kier alpha value is -3.15. The Bertz CT molecular complexity index is 1610. The van der Waals surface area contributed by atoms with Crippen LogP contribution in [-0.2, 0) is 13.1 Å². The summed E-state index contributed by atoms with van der Waals surface area (Å²) in [4.78, 5) is 30.1. The molecule has 1 fully saturated rings. The first kappa shape index (κ1) is 26.5. The third-order valence-corrected chi connectivity index (χ3v) is 7.73. The van der Waals surface area contributed by atoms with Crippen LogP contribution in [0.2, 0.25) is 5.02 Å². The van der Waals surface area contributed by atoms with E-state index in [1.807, 2.05) is 25.1 Å². The monoisotopic (exact) mass is 564 g/mol. The number of aromatic nitrogens is 3. The van der Waals surface area contributed by atoms with Crippen LogP contribution in [0.15, 0.2) is 52.3 Å². The summed E-state index contributed by atoms with van der Waals surface area (Å²) in [5.74, 6) is 0.734. The van der Waals surface area contributed by atoms with Crippen molar-refractivity contribution in [1.29, 1.82) is 0 Å². The van der Waals surface area contributed by atoms with Gasteiger partial charge in [-0.25, -0.2) is 4.79 Å². The predicted octanol–water partition coefficient (Wildman–Crippen LogP) is 4.99. The highest BCUT2D eigenvalue weighted by Crippen LogP contribution is 2.42. The van der Waals surface area contributed by atoms with Crippen LogP contribution in [0.25, 0.3) is 21.3 Å². The molecule has 38 heavy (non-hydrogen) atoms. The summed E-state index contributed by atoms with van der Waals surface area (Å²) in [6.45, 7) is 2.05. The lowest BCUT2D eigenvalue weighted by Gasteiger charge is -2.26. The number of pyridine rings is 1. The van der Waals surface area contributed by atoms with Gasteiger partial charge in [-0.1, -0.05) is 11.6 Å². The van der Waals surface area contributed by atoms with Crippen LogP contribution in [-0.4, -0.2) is 39.5 Å². The molecule has 12 heteroatoms. The van der Waals surface area contributed by atoms with Crippen molar-refractivity contribution in [3.63, 3.8) is 0 Å². The Morgan fingerprint density at radius 1 is 1.16 bits per heavy atom. The molecule has 1 aromatic carbocycles. The van der Waals surface area contributed by atoms with Crippen LogP contribution < -0.4 is 21.3 Å². The van der Waals surface area contributed by atoms with Crippen LogP contribution in [0, 0.1) is 6.92 Å². The number of aryl methyl sites for hydroxylation is 1. The molecule has 0 atom stereocenters. The molecular weight excluding hydrogens is 541 g/mol. The topological polar surface area (TPSA) is 78.2 Å². The number of hydrogen-bond acceptors (Lipinski definition) is 6. The van der Waals surface area contributed by atoms with Gasteiger partial charge in [-0.05, 0) is 62.7 Å². The molecule has 7 nitrogen and oxygen atoms in total. The maximum absolute atomic E-state index is 12.9. The number of fused-ring (bicyclic) bond motifs is 1. The number of nitrogens with zero attached hydrogens (tertiary/aromatic N) is 3. The molecule has 1 N–H and O–H groups in total. The zero-order chi connectivity index (χ0) is 27.0. The predicted molar refractivity (Wildman–Crippen MR) is 141 cm³/mol. The third kappa shape index (κ3) is 5.64. The minimum absolute atomic E-state index is 0.0647. The van der Waals surface area contributed by atoms with Crippen LogP contribution in [0.4, 0.5) is 13.2 Å². The molecule has 0 amide bonds. The van der Waals surface area contributed by atoms with Gasteiger partial charge in [-0.3, -0.25) is 18.9 Å². The second-order valence-electron chi connectivity index (χ2n) is 9.22. The SMILES string of the molecule is Cc1cc(Cl)cc(-c2ccnc3cc(Cn4c(=O)ccn(CC(F)(F)F)c4=O)sc23)c1OC1CCNCC1. The molecule has 4 aromatic rings. The molecule has 1 saturated heterocycles. The lowest BCUT2D eigenvalue weighted by molar-refractivity contribution is -0.141. The first-order valence-corrected chi connectivity index (χ1v) is 13.2. The van der Waals surface area contributed by atoms with Crippen LogP contribution >= 0.6 is 22.9 Å². The number of benzene rings is 1. The van der Waals surface area contributed by atoms with Gasteiger partial charge >= 0.3 is 11.9 Å². The first-order valence-electron chi connectivity index (χ1n) is 12.0.